The summed E-state index contributed by atoms with van der Waals surface area (Å²) in [4.78, 5) is 25.6. The van der Waals surface area contributed by atoms with Gasteiger partial charge in [-0.05, 0) is 45.2 Å². The van der Waals surface area contributed by atoms with Gasteiger partial charge in [-0.15, -0.1) is 11.3 Å². The quantitative estimate of drug-likeness (QED) is 0.409. The molecule has 35 heavy (non-hydrogen) atoms. The van der Waals surface area contributed by atoms with Gasteiger partial charge in [0.25, 0.3) is 5.91 Å². The van der Waals surface area contributed by atoms with Crippen molar-refractivity contribution in [2.75, 3.05) is 4.72 Å². The summed E-state index contributed by atoms with van der Waals surface area (Å²) >= 11 is 1.15. The lowest BCUT2D eigenvalue weighted by Crippen LogP contribution is -2.29. The fourth-order valence-corrected chi connectivity index (χ4v) is 5.70. The van der Waals surface area contributed by atoms with Gasteiger partial charge in [-0.3, -0.25) is 14.5 Å². The zero-order valence-electron chi connectivity index (χ0n) is 19.5. The van der Waals surface area contributed by atoms with Crippen LogP contribution in [0.5, 0.6) is 5.88 Å². The first-order chi connectivity index (χ1) is 16.7. The first kappa shape index (κ1) is 25.0. The van der Waals surface area contributed by atoms with Crippen molar-refractivity contribution in [3.8, 4) is 17.1 Å². The van der Waals surface area contributed by atoms with E-state index in [0.29, 0.717) is 42.1 Å². The molecule has 1 aliphatic rings. The van der Waals surface area contributed by atoms with Crippen LogP contribution in [-0.4, -0.2) is 40.6 Å². The molecule has 0 bridgehead atoms. The maximum atomic E-state index is 14.9. The molecule has 0 spiro atoms. The number of sulfonamides is 1. The van der Waals surface area contributed by atoms with E-state index in [9.17, 15) is 17.6 Å². The van der Waals surface area contributed by atoms with E-state index in [1.54, 1.807) is 11.4 Å². The molecule has 12 heteroatoms. The van der Waals surface area contributed by atoms with E-state index < -0.39 is 27.8 Å². The highest BCUT2D eigenvalue weighted by molar-refractivity contribution is 7.93. The van der Waals surface area contributed by atoms with Gasteiger partial charge in [-0.1, -0.05) is 13.0 Å². The second kappa shape index (κ2) is 10.2. The lowest BCUT2D eigenvalue weighted by atomic mass is 10.1. The van der Waals surface area contributed by atoms with Crippen molar-refractivity contribution in [1.29, 1.82) is 0 Å². The second-order valence-electron chi connectivity index (χ2n) is 8.46. The first-order valence-corrected chi connectivity index (χ1v) is 13.7. The second-order valence-corrected chi connectivity index (χ2v) is 11.3. The monoisotopic (exact) mass is 519 g/mol. The summed E-state index contributed by atoms with van der Waals surface area (Å²) < 4.78 is 47.2. The molecule has 9 nitrogen and oxygen atoms in total. The summed E-state index contributed by atoms with van der Waals surface area (Å²) in [7, 11) is -3.42. The molecule has 1 aliphatic carbocycles. The van der Waals surface area contributed by atoms with Gasteiger partial charge in [0.05, 0.1) is 46.7 Å². The van der Waals surface area contributed by atoms with Crippen LogP contribution in [0.3, 0.4) is 0 Å². The van der Waals surface area contributed by atoms with Gasteiger partial charge in [0.2, 0.25) is 15.9 Å². The average molecular weight is 520 g/mol. The Hall–Kier alpha value is -3.12. The molecule has 2 aromatic heterocycles. The molecular weight excluding hydrogens is 493 g/mol. The third-order valence-electron chi connectivity index (χ3n) is 5.26. The molecule has 0 saturated heterocycles. The summed E-state index contributed by atoms with van der Waals surface area (Å²) in [6, 6.07) is 3.70. The van der Waals surface area contributed by atoms with Crippen LogP contribution in [0.15, 0.2) is 36.0 Å². The Morgan fingerprint density at radius 1 is 1.26 bits per heavy atom. The minimum Gasteiger partial charge on any atom is -0.474 e. The maximum absolute atomic E-state index is 14.9. The van der Waals surface area contributed by atoms with Crippen molar-refractivity contribution < 1.29 is 22.3 Å². The van der Waals surface area contributed by atoms with Crippen LogP contribution in [0.25, 0.3) is 11.3 Å². The van der Waals surface area contributed by atoms with Gasteiger partial charge in [0.1, 0.15) is 5.82 Å². The predicted octanol–water partition coefficient (Wildman–Crippen LogP) is 4.31. The molecule has 1 atom stereocenters. The van der Waals surface area contributed by atoms with Gasteiger partial charge in [-0.25, -0.2) is 22.8 Å². The molecule has 186 valence electrons. The molecule has 1 fully saturated rings. The predicted molar refractivity (Wildman–Crippen MR) is 131 cm³/mol. The van der Waals surface area contributed by atoms with E-state index >= 15 is 0 Å². The number of benzene rings is 1. The third kappa shape index (κ3) is 6.12. The zero-order chi connectivity index (χ0) is 25.2. The number of anilines is 1. The summed E-state index contributed by atoms with van der Waals surface area (Å²) in [5, 5.41) is 4.35. The third-order valence-corrected chi connectivity index (χ3v) is 8.00. The summed E-state index contributed by atoms with van der Waals surface area (Å²) in [6.07, 6.45) is 4.67. The van der Waals surface area contributed by atoms with E-state index in [0.717, 1.165) is 11.3 Å². The number of carbonyl (C=O) groups excluding carboxylic acids is 1. The fraction of sp³-hybridized carbons (Fsp3) is 0.391. The molecule has 2 heterocycles. The molecule has 1 aromatic carbocycles. The lowest BCUT2D eigenvalue weighted by molar-refractivity contribution is 0.0930. The van der Waals surface area contributed by atoms with E-state index in [4.69, 9.17) is 4.74 Å². The number of nitrogens with zero attached hydrogens (tertiary/aromatic N) is 3. The Bertz CT molecular complexity index is 1320. The highest BCUT2D eigenvalue weighted by atomic mass is 32.2. The molecule has 1 unspecified atom stereocenters. The first-order valence-electron chi connectivity index (χ1n) is 11.2. The number of aromatic nitrogens is 3. The standard InChI is InChI=1S/C23H26FN5O4S2/c1-4-18(20-12-34-23(28-20)29-35(31,32)15-6-7-15)27-22(30)16-8-5-14(9-17(16)24)19-10-25-11-21(26-19)33-13(2)3/h5,8-13,15,18H,4,6-7H2,1-3H3,(H,27,30)(H,28,29). The molecule has 0 radical (unpaired) electrons. The van der Waals surface area contributed by atoms with Crippen molar-refractivity contribution in [3.05, 3.63) is 53.0 Å². The summed E-state index contributed by atoms with van der Waals surface area (Å²) in [6.45, 7) is 5.58. The van der Waals surface area contributed by atoms with Gasteiger partial charge >= 0.3 is 0 Å². The van der Waals surface area contributed by atoms with Crippen molar-refractivity contribution in [3.63, 3.8) is 0 Å². The van der Waals surface area contributed by atoms with Gasteiger partial charge in [-0.2, -0.15) is 0 Å². The average Bonchev–Trinajstić information content (AvgIpc) is 3.58. The number of nitrogens with one attached hydrogen (secondary N) is 2. The van der Waals surface area contributed by atoms with Crippen LogP contribution in [0.2, 0.25) is 0 Å². The molecule has 2 N–H and O–H groups in total. The number of ether oxygens (including phenoxy) is 1. The minimum absolute atomic E-state index is 0.0824. The van der Waals surface area contributed by atoms with Crippen LogP contribution in [0.4, 0.5) is 9.52 Å². The van der Waals surface area contributed by atoms with Crippen molar-refractivity contribution in [2.45, 2.75) is 57.4 Å². The molecule has 3 aromatic rings. The van der Waals surface area contributed by atoms with E-state index in [1.165, 1.54) is 24.5 Å². The number of hydrogen-bond acceptors (Lipinski definition) is 8. The summed E-state index contributed by atoms with van der Waals surface area (Å²) in [5.74, 6) is -0.979. The molecule has 1 amide bonds. The largest absolute Gasteiger partial charge is 0.474 e. The minimum atomic E-state index is -3.42. The van der Waals surface area contributed by atoms with Crippen LogP contribution >= 0.6 is 11.3 Å². The summed E-state index contributed by atoms with van der Waals surface area (Å²) in [5.41, 5.74) is 1.26. The Labute approximate surface area is 207 Å². The van der Waals surface area contributed by atoms with Crippen LogP contribution in [0.1, 0.15) is 62.1 Å². The van der Waals surface area contributed by atoms with Crippen LogP contribution in [-0.2, 0) is 10.0 Å². The maximum Gasteiger partial charge on any atom is 0.254 e. The number of thiazole rings is 1. The Kier molecular flexibility index (Phi) is 7.31. The fourth-order valence-electron chi connectivity index (χ4n) is 3.34. The normalized spacial score (nSPS) is 14.5. The Morgan fingerprint density at radius 3 is 2.69 bits per heavy atom. The van der Waals surface area contributed by atoms with Gasteiger partial charge < -0.3 is 10.1 Å². The van der Waals surface area contributed by atoms with E-state index in [1.807, 2.05) is 20.8 Å². The van der Waals surface area contributed by atoms with E-state index in [-0.39, 0.29) is 22.0 Å². The van der Waals surface area contributed by atoms with Gasteiger partial charge in [0, 0.05) is 10.9 Å². The number of rotatable bonds is 10. The highest BCUT2D eigenvalue weighted by Gasteiger charge is 2.36. The zero-order valence-corrected chi connectivity index (χ0v) is 21.1. The number of halogens is 1. The number of amides is 1. The van der Waals surface area contributed by atoms with Crippen LogP contribution in [0, 0.1) is 5.82 Å². The van der Waals surface area contributed by atoms with E-state index in [2.05, 4.69) is 25.0 Å². The Morgan fingerprint density at radius 2 is 2.03 bits per heavy atom. The number of hydrogen-bond donors (Lipinski definition) is 2. The van der Waals surface area contributed by atoms with Gasteiger partial charge in [0.15, 0.2) is 5.13 Å². The molecule has 0 aliphatic heterocycles. The van der Waals surface area contributed by atoms with Crippen LogP contribution < -0.4 is 14.8 Å². The van der Waals surface area contributed by atoms with Crippen molar-refractivity contribution in [1.82, 2.24) is 20.3 Å². The SMILES string of the molecule is CCC(NC(=O)c1ccc(-c2cncc(OC(C)C)n2)cc1F)c1csc(NS(=O)(=O)C2CC2)n1. The molecule has 1 saturated carbocycles. The highest BCUT2D eigenvalue weighted by Crippen LogP contribution is 2.31. The number of carbonyl (C=O) groups is 1. The van der Waals surface area contributed by atoms with Crippen molar-refractivity contribution >= 4 is 32.4 Å². The van der Waals surface area contributed by atoms with Crippen molar-refractivity contribution in [2.24, 2.45) is 0 Å². The smallest absolute Gasteiger partial charge is 0.254 e. The topological polar surface area (TPSA) is 123 Å². The molecule has 4 rings (SSSR count). The Balaban J connectivity index is 1.46. The molecular formula is C23H26FN5O4S2. The lowest BCUT2D eigenvalue weighted by Gasteiger charge is -2.15.